The number of rotatable bonds is 12. The zero-order chi connectivity index (χ0) is 23.8. The summed E-state index contributed by atoms with van der Waals surface area (Å²) in [7, 11) is 0. The van der Waals surface area contributed by atoms with E-state index in [0.717, 1.165) is 22.4 Å². The van der Waals surface area contributed by atoms with Crippen LogP contribution in [0.25, 0.3) is 11.1 Å². The Labute approximate surface area is 226 Å². The Morgan fingerprint density at radius 1 is 1.00 bits per heavy atom. The van der Waals surface area contributed by atoms with Crippen molar-refractivity contribution in [2.75, 3.05) is 6.54 Å². The van der Waals surface area contributed by atoms with Crippen molar-refractivity contribution >= 4 is 17.1 Å². The van der Waals surface area contributed by atoms with Gasteiger partial charge in [-0.2, -0.15) is 0 Å². The van der Waals surface area contributed by atoms with Gasteiger partial charge in [-0.3, -0.25) is 0 Å². The average Bonchev–Trinajstić information content (AvgIpc) is 3.29. The predicted octanol–water partition coefficient (Wildman–Crippen LogP) is 1.04. The van der Waals surface area contributed by atoms with E-state index in [0.29, 0.717) is 37.6 Å². The third-order valence-electron chi connectivity index (χ3n) is 5.33. The number of hydrogen-bond donors (Lipinski definition) is 1. The number of carboxylic acid groups (broad SMARTS) is 1. The summed E-state index contributed by atoms with van der Waals surface area (Å²) in [6.45, 7) is 2.99. The molecule has 0 radical (unpaired) electrons. The number of carbonyl (C=O) groups excluding carboxylic acids is 1. The fraction of sp³-hybridized carbons (Fsp3) is 0.259. The third-order valence-corrected chi connectivity index (χ3v) is 5.33. The number of aromatic nitrogens is 1. The molecule has 2 unspecified atom stereocenters. The van der Waals surface area contributed by atoms with Crippen LogP contribution in [0.5, 0.6) is 11.5 Å². The molecule has 3 aromatic carbocycles. The van der Waals surface area contributed by atoms with Crippen molar-refractivity contribution in [1.29, 1.82) is 0 Å². The van der Waals surface area contributed by atoms with E-state index in [1.54, 1.807) is 13.0 Å². The van der Waals surface area contributed by atoms with E-state index in [2.05, 4.69) is 10.3 Å². The van der Waals surface area contributed by atoms with Crippen molar-refractivity contribution in [2.45, 2.75) is 38.5 Å². The van der Waals surface area contributed by atoms with Gasteiger partial charge in [0, 0.05) is 13.0 Å². The standard InChI is InChI=1S/C27H28N2O5.Na/c1-2-23(27(30)31)33-21-12-8-9-19(17-21)18-28-16-15-25(32-20-10-4-3-5-11-20)26-29-22-13-6-7-14-24(22)34-26;/h3-14,17,23,25,28H,2,15-16,18H2,1H3,(H,30,31);/q;+1/p-1. The maximum absolute atomic E-state index is 11.1. The van der Waals surface area contributed by atoms with Gasteiger partial charge in [0.25, 0.3) is 0 Å². The number of nitrogens with zero attached hydrogens (tertiary/aromatic N) is 1. The molecule has 0 saturated heterocycles. The number of nitrogens with one attached hydrogen (secondary N) is 1. The van der Waals surface area contributed by atoms with Crippen LogP contribution in [0.2, 0.25) is 0 Å². The summed E-state index contributed by atoms with van der Waals surface area (Å²) in [5.74, 6) is 0.579. The van der Waals surface area contributed by atoms with Crippen molar-refractivity contribution < 1.29 is 53.3 Å². The van der Waals surface area contributed by atoms with Crippen LogP contribution in [-0.2, 0) is 11.3 Å². The second-order valence-corrected chi connectivity index (χ2v) is 7.89. The largest absolute Gasteiger partial charge is 1.00 e. The van der Waals surface area contributed by atoms with Gasteiger partial charge in [-0.1, -0.05) is 49.4 Å². The molecule has 8 heteroatoms. The summed E-state index contributed by atoms with van der Waals surface area (Å²) in [5.41, 5.74) is 2.50. The van der Waals surface area contributed by atoms with Gasteiger partial charge in [0.1, 0.15) is 23.1 Å². The molecule has 0 fully saturated rings. The first-order valence-corrected chi connectivity index (χ1v) is 11.4. The Balaban J connectivity index is 0.00000342. The van der Waals surface area contributed by atoms with Crippen LogP contribution in [0.1, 0.15) is 37.3 Å². The number of benzene rings is 3. The number of ether oxygens (including phenoxy) is 2. The number of fused-ring (bicyclic) bond motifs is 1. The number of aliphatic carboxylic acids is 1. The van der Waals surface area contributed by atoms with E-state index < -0.39 is 12.1 Å². The zero-order valence-corrected chi connectivity index (χ0v) is 22.0. The molecule has 0 aliphatic heterocycles. The minimum atomic E-state index is -1.21. The molecule has 1 N–H and O–H groups in total. The summed E-state index contributed by atoms with van der Waals surface area (Å²) in [6, 6.07) is 24.6. The average molecular weight is 483 g/mol. The Kier molecular flexibility index (Phi) is 10.2. The fourth-order valence-corrected chi connectivity index (χ4v) is 3.58. The van der Waals surface area contributed by atoms with E-state index in [1.165, 1.54) is 0 Å². The van der Waals surface area contributed by atoms with E-state index in [9.17, 15) is 9.90 Å². The van der Waals surface area contributed by atoms with Gasteiger partial charge >= 0.3 is 29.6 Å². The van der Waals surface area contributed by atoms with Gasteiger partial charge in [-0.15, -0.1) is 0 Å². The Morgan fingerprint density at radius 2 is 1.74 bits per heavy atom. The van der Waals surface area contributed by atoms with Gasteiger partial charge in [-0.05, 0) is 54.9 Å². The maximum atomic E-state index is 11.1. The van der Waals surface area contributed by atoms with Crippen molar-refractivity contribution in [1.82, 2.24) is 10.3 Å². The quantitative estimate of drug-likeness (QED) is 0.238. The minimum Gasteiger partial charge on any atom is -0.546 e. The van der Waals surface area contributed by atoms with Gasteiger partial charge in [0.05, 0.1) is 5.97 Å². The molecule has 0 amide bonds. The predicted molar refractivity (Wildman–Crippen MR) is 126 cm³/mol. The summed E-state index contributed by atoms with van der Waals surface area (Å²) in [4.78, 5) is 15.7. The molecule has 4 rings (SSSR count). The third kappa shape index (κ3) is 7.57. The molecule has 0 saturated carbocycles. The second kappa shape index (κ2) is 13.3. The number of para-hydroxylation sites is 3. The van der Waals surface area contributed by atoms with Gasteiger partial charge in [0.15, 0.2) is 11.7 Å². The zero-order valence-electron chi connectivity index (χ0n) is 20.0. The van der Waals surface area contributed by atoms with Crippen LogP contribution in [0.3, 0.4) is 0 Å². The maximum Gasteiger partial charge on any atom is 1.00 e. The van der Waals surface area contributed by atoms with Gasteiger partial charge in [0.2, 0.25) is 5.89 Å². The number of carboxylic acids is 1. The second-order valence-electron chi connectivity index (χ2n) is 7.89. The van der Waals surface area contributed by atoms with Crippen molar-refractivity contribution in [3.05, 3.63) is 90.3 Å². The molecule has 35 heavy (non-hydrogen) atoms. The first-order chi connectivity index (χ1) is 16.6. The van der Waals surface area contributed by atoms with Crippen LogP contribution >= 0.6 is 0 Å². The Morgan fingerprint density at radius 3 is 2.49 bits per heavy atom. The van der Waals surface area contributed by atoms with Crippen LogP contribution in [0.4, 0.5) is 0 Å². The van der Waals surface area contributed by atoms with E-state index in [-0.39, 0.29) is 35.7 Å². The normalized spacial score (nSPS) is 12.5. The van der Waals surface area contributed by atoms with Crippen LogP contribution in [-0.4, -0.2) is 23.6 Å². The molecular formula is C27H27N2NaO5. The molecule has 4 aromatic rings. The Hall–Kier alpha value is -2.84. The van der Waals surface area contributed by atoms with Crippen LogP contribution < -0.4 is 49.5 Å². The monoisotopic (exact) mass is 482 g/mol. The Bertz CT molecular complexity index is 1180. The first kappa shape index (κ1) is 26.8. The molecular weight excluding hydrogens is 455 g/mol. The number of hydrogen-bond acceptors (Lipinski definition) is 7. The molecule has 1 heterocycles. The molecule has 176 valence electrons. The molecule has 0 aliphatic rings. The van der Waals surface area contributed by atoms with E-state index in [4.69, 9.17) is 13.9 Å². The molecule has 7 nitrogen and oxygen atoms in total. The smallest absolute Gasteiger partial charge is 0.546 e. The molecule has 0 bridgehead atoms. The fourth-order valence-electron chi connectivity index (χ4n) is 3.58. The molecule has 0 aliphatic carbocycles. The van der Waals surface area contributed by atoms with Crippen LogP contribution in [0.15, 0.2) is 83.3 Å². The number of oxazole rings is 1. The SMILES string of the molecule is CCC(Oc1cccc(CNCCC(Oc2ccccc2)c2nc3ccccc3o2)c1)C(=O)[O-].[Na+]. The van der Waals surface area contributed by atoms with E-state index >= 15 is 0 Å². The van der Waals surface area contributed by atoms with Crippen LogP contribution in [0, 0.1) is 0 Å². The minimum absolute atomic E-state index is 0. The molecule has 2 atom stereocenters. The van der Waals surface area contributed by atoms with Gasteiger partial charge < -0.3 is 29.1 Å². The summed E-state index contributed by atoms with van der Waals surface area (Å²) in [5, 5.41) is 14.5. The molecule has 0 spiro atoms. The summed E-state index contributed by atoms with van der Waals surface area (Å²) in [6.07, 6.45) is -0.343. The van der Waals surface area contributed by atoms with Crippen molar-refractivity contribution in [2.24, 2.45) is 0 Å². The van der Waals surface area contributed by atoms with Crippen molar-refractivity contribution in [3.8, 4) is 11.5 Å². The topological polar surface area (TPSA) is 96.7 Å². The summed E-state index contributed by atoms with van der Waals surface area (Å²) < 4.78 is 17.7. The molecule has 1 aromatic heterocycles. The number of carbonyl (C=O) groups is 1. The van der Waals surface area contributed by atoms with E-state index in [1.807, 2.05) is 72.8 Å². The first-order valence-electron chi connectivity index (χ1n) is 11.4. The van der Waals surface area contributed by atoms with Gasteiger partial charge in [-0.25, -0.2) is 4.98 Å². The summed E-state index contributed by atoms with van der Waals surface area (Å²) >= 11 is 0. The van der Waals surface area contributed by atoms with Crippen molar-refractivity contribution in [3.63, 3.8) is 0 Å².